The third kappa shape index (κ3) is 3.19. The highest BCUT2D eigenvalue weighted by molar-refractivity contribution is 7.21. The molecule has 0 unspecified atom stereocenters. The van der Waals surface area contributed by atoms with Gasteiger partial charge in [0.15, 0.2) is 0 Å². The second-order valence-electron chi connectivity index (χ2n) is 4.54. The second kappa shape index (κ2) is 6.44. The van der Waals surface area contributed by atoms with Crippen molar-refractivity contribution in [3.63, 3.8) is 0 Å². The third-order valence-corrected chi connectivity index (χ3v) is 4.36. The van der Waals surface area contributed by atoms with Gasteiger partial charge in [-0.2, -0.15) is 0 Å². The van der Waals surface area contributed by atoms with Crippen molar-refractivity contribution in [2.24, 2.45) is 0 Å². The zero-order valence-corrected chi connectivity index (χ0v) is 12.1. The first-order valence-electron chi connectivity index (χ1n) is 6.31. The average Bonchev–Trinajstić information content (AvgIpc) is 2.76. The number of carbonyl (C=O) groups excluding carboxylic acids is 1. The van der Waals surface area contributed by atoms with Crippen LogP contribution in [0.25, 0.3) is 10.1 Å². The van der Waals surface area contributed by atoms with Gasteiger partial charge in [-0.05, 0) is 24.6 Å². The van der Waals surface area contributed by atoms with E-state index in [0.29, 0.717) is 15.6 Å². The molecule has 21 heavy (non-hydrogen) atoms. The second-order valence-corrected chi connectivity index (χ2v) is 5.59. The smallest absolute Gasteiger partial charge is 0.264 e. The molecule has 0 radical (unpaired) electrons. The number of benzene rings is 1. The molecule has 0 spiro atoms. The molecular weight excluding hydrogens is 303 g/mol. The zero-order valence-electron chi connectivity index (χ0n) is 11.3. The van der Waals surface area contributed by atoms with Gasteiger partial charge >= 0.3 is 0 Å². The standard InChI is InChI=1S/C14H14F3NO2S/c1-8-12-9(15)3-2-4-10(12)21-13(8)14(20)18(5-6-19)7-11(16)17/h2-4,11,19H,5-7H2,1H3. The number of alkyl halides is 2. The van der Waals surface area contributed by atoms with Crippen LogP contribution >= 0.6 is 11.3 Å². The summed E-state index contributed by atoms with van der Waals surface area (Å²) in [5.74, 6) is -1.05. The van der Waals surface area contributed by atoms with Gasteiger partial charge in [-0.15, -0.1) is 11.3 Å². The van der Waals surface area contributed by atoms with E-state index >= 15 is 0 Å². The molecule has 1 aromatic carbocycles. The van der Waals surface area contributed by atoms with Crippen LogP contribution < -0.4 is 0 Å². The van der Waals surface area contributed by atoms with E-state index in [1.165, 1.54) is 12.1 Å². The predicted molar refractivity (Wildman–Crippen MR) is 75.5 cm³/mol. The Hall–Kier alpha value is -1.60. The highest BCUT2D eigenvalue weighted by atomic mass is 32.1. The number of carbonyl (C=O) groups is 1. The lowest BCUT2D eigenvalue weighted by Gasteiger charge is -2.20. The van der Waals surface area contributed by atoms with Crippen LogP contribution in [0.2, 0.25) is 0 Å². The van der Waals surface area contributed by atoms with Crippen LogP contribution in [0.5, 0.6) is 0 Å². The van der Waals surface area contributed by atoms with Crippen molar-refractivity contribution in [3.05, 3.63) is 34.5 Å². The first kappa shape index (κ1) is 15.8. The van der Waals surface area contributed by atoms with E-state index in [9.17, 15) is 18.0 Å². The van der Waals surface area contributed by atoms with Crippen molar-refractivity contribution >= 4 is 27.3 Å². The summed E-state index contributed by atoms with van der Waals surface area (Å²) in [6.45, 7) is 0.250. The van der Waals surface area contributed by atoms with Gasteiger partial charge in [0, 0.05) is 16.6 Å². The molecule has 2 aromatic rings. The van der Waals surface area contributed by atoms with E-state index in [0.717, 1.165) is 16.2 Å². The molecule has 0 saturated heterocycles. The number of amides is 1. The molecule has 1 heterocycles. The molecule has 1 aromatic heterocycles. The van der Waals surface area contributed by atoms with Gasteiger partial charge in [0.2, 0.25) is 0 Å². The maximum Gasteiger partial charge on any atom is 0.264 e. The Morgan fingerprint density at radius 2 is 2.14 bits per heavy atom. The quantitative estimate of drug-likeness (QED) is 0.921. The van der Waals surface area contributed by atoms with Gasteiger partial charge in [0.1, 0.15) is 5.82 Å². The summed E-state index contributed by atoms with van der Waals surface area (Å²) in [5, 5.41) is 9.24. The number of thiophene rings is 1. The molecular formula is C14H14F3NO2S. The maximum absolute atomic E-state index is 13.8. The largest absolute Gasteiger partial charge is 0.395 e. The van der Waals surface area contributed by atoms with E-state index < -0.39 is 31.3 Å². The summed E-state index contributed by atoms with van der Waals surface area (Å²) in [6, 6.07) is 4.50. The number of aliphatic hydroxyl groups excluding tert-OH is 1. The lowest BCUT2D eigenvalue weighted by Crippen LogP contribution is -2.37. The Bertz CT molecular complexity index is 657. The summed E-state index contributed by atoms with van der Waals surface area (Å²) in [4.78, 5) is 13.5. The van der Waals surface area contributed by atoms with Crippen LogP contribution in [0.4, 0.5) is 13.2 Å². The SMILES string of the molecule is Cc1c(C(=O)N(CCO)CC(F)F)sc2cccc(F)c12. The molecule has 7 heteroatoms. The molecule has 0 aliphatic carbocycles. The van der Waals surface area contributed by atoms with Crippen molar-refractivity contribution in [1.29, 1.82) is 0 Å². The Balaban J connectivity index is 2.42. The molecule has 0 aliphatic heterocycles. The molecule has 1 N–H and O–H groups in total. The number of halogens is 3. The molecule has 2 rings (SSSR count). The number of aliphatic hydroxyl groups is 1. The van der Waals surface area contributed by atoms with E-state index in [2.05, 4.69) is 0 Å². The molecule has 3 nitrogen and oxygen atoms in total. The molecule has 0 bridgehead atoms. The van der Waals surface area contributed by atoms with Gasteiger partial charge in [-0.1, -0.05) is 6.07 Å². The van der Waals surface area contributed by atoms with Gasteiger partial charge in [0.05, 0.1) is 18.0 Å². The Morgan fingerprint density at radius 1 is 1.43 bits per heavy atom. The number of hydrogen-bond donors (Lipinski definition) is 1. The molecule has 0 saturated carbocycles. The van der Waals surface area contributed by atoms with Crippen LogP contribution in [0, 0.1) is 12.7 Å². The lowest BCUT2D eigenvalue weighted by atomic mass is 10.1. The number of fused-ring (bicyclic) bond motifs is 1. The average molecular weight is 317 g/mol. The topological polar surface area (TPSA) is 40.5 Å². The summed E-state index contributed by atoms with van der Waals surface area (Å²) < 4.78 is 39.4. The normalized spacial score (nSPS) is 11.3. The summed E-state index contributed by atoms with van der Waals surface area (Å²) in [5.41, 5.74) is 0.440. The fraction of sp³-hybridized carbons (Fsp3) is 0.357. The lowest BCUT2D eigenvalue weighted by molar-refractivity contribution is 0.0513. The fourth-order valence-electron chi connectivity index (χ4n) is 2.16. The molecule has 0 aliphatic rings. The van der Waals surface area contributed by atoms with Crippen molar-refractivity contribution in [3.8, 4) is 0 Å². The van der Waals surface area contributed by atoms with E-state index in [-0.39, 0.29) is 11.4 Å². The van der Waals surface area contributed by atoms with E-state index in [1.807, 2.05) is 0 Å². The van der Waals surface area contributed by atoms with Gasteiger partial charge in [-0.3, -0.25) is 4.79 Å². The maximum atomic E-state index is 13.8. The van der Waals surface area contributed by atoms with Crippen LogP contribution in [0.1, 0.15) is 15.2 Å². The number of aryl methyl sites for hydroxylation is 1. The van der Waals surface area contributed by atoms with E-state index in [1.54, 1.807) is 13.0 Å². The van der Waals surface area contributed by atoms with E-state index in [4.69, 9.17) is 5.11 Å². The van der Waals surface area contributed by atoms with Crippen molar-refractivity contribution in [1.82, 2.24) is 4.90 Å². The highest BCUT2D eigenvalue weighted by Gasteiger charge is 2.24. The van der Waals surface area contributed by atoms with Crippen LogP contribution in [0.3, 0.4) is 0 Å². The summed E-state index contributed by atoms with van der Waals surface area (Å²) >= 11 is 1.07. The number of hydrogen-bond acceptors (Lipinski definition) is 3. The Morgan fingerprint density at radius 3 is 2.71 bits per heavy atom. The third-order valence-electron chi connectivity index (χ3n) is 3.11. The van der Waals surface area contributed by atoms with Crippen LogP contribution in [-0.2, 0) is 0 Å². The van der Waals surface area contributed by atoms with Crippen molar-refractivity contribution in [2.75, 3.05) is 19.7 Å². The first-order valence-corrected chi connectivity index (χ1v) is 7.13. The minimum absolute atomic E-state index is 0.181. The Kier molecular flexibility index (Phi) is 4.84. The van der Waals surface area contributed by atoms with Gasteiger partial charge in [0.25, 0.3) is 12.3 Å². The monoisotopic (exact) mass is 317 g/mol. The molecule has 0 fully saturated rings. The number of rotatable bonds is 5. The van der Waals surface area contributed by atoms with Crippen LogP contribution in [-0.4, -0.2) is 42.0 Å². The zero-order chi connectivity index (χ0) is 15.6. The molecule has 114 valence electrons. The van der Waals surface area contributed by atoms with Gasteiger partial charge < -0.3 is 10.0 Å². The van der Waals surface area contributed by atoms with Gasteiger partial charge in [-0.25, -0.2) is 13.2 Å². The Labute approximate surface area is 123 Å². The minimum atomic E-state index is -2.69. The molecule has 1 amide bonds. The number of nitrogens with zero attached hydrogens (tertiary/aromatic N) is 1. The highest BCUT2D eigenvalue weighted by Crippen LogP contribution is 2.33. The first-order chi connectivity index (χ1) is 9.95. The molecule has 0 atom stereocenters. The van der Waals surface area contributed by atoms with Crippen molar-refractivity contribution < 1.29 is 23.1 Å². The minimum Gasteiger partial charge on any atom is -0.395 e. The fourth-order valence-corrected chi connectivity index (χ4v) is 3.35. The summed E-state index contributed by atoms with van der Waals surface area (Å²) in [6.07, 6.45) is -2.69. The van der Waals surface area contributed by atoms with Crippen molar-refractivity contribution in [2.45, 2.75) is 13.3 Å². The van der Waals surface area contributed by atoms with Crippen LogP contribution in [0.15, 0.2) is 18.2 Å². The summed E-state index contributed by atoms with van der Waals surface area (Å²) in [7, 11) is 0. The predicted octanol–water partition coefficient (Wildman–Crippen LogP) is 3.05.